The number of rotatable bonds is 11. The van der Waals surface area contributed by atoms with E-state index in [4.69, 9.17) is 15.2 Å². The molecule has 348 valence electrons. The van der Waals surface area contributed by atoms with E-state index in [1.165, 1.54) is 25.3 Å². The Balaban J connectivity index is 1.42. The largest absolute Gasteiger partial charge is 0.508 e. The SMILES string of the molecule is COC(=O)C(NC(=O)N1C(=O)C2(c3cc(C#CCNC(N)=O)ccc31)C(C(=O)NCC(O)c1ccccc1)C1C(=O)OC(c3ccccc3)C(c3ccccc3)N1C2c1ccc(O)cc1)C(C)C. The van der Waals surface area contributed by atoms with E-state index in [9.17, 15) is 24.6 Å². The monoisotopic (exact) mass is 918 g/mol. The molecular weight excluding hydrogens is 869 g/mol. The average molecular weight is 919 g/mol. The molecule has 7 N–H and O–H groups in total. The van der Waals surface area contributed by atoms with Crippen molar-refractivity contribution in [1.82, 2.24) is 20.9 Å². The highest BCUT2D eigenvalue weighted by Crippen LogP contribution is 2.66. The number of hydrogen-bond acceptors (Lipinski definition) is 11. The zero-order chi connectivity index (χ0) is 48.3. The first-order valence-corrected chi connectivity index (χ1v) is 22.0. The van der Waals surface area contributed by atoms with E-state index >= 15 is 14.4 Å². The zero-order valence-electron chi connectivity index (χ0n) is 37.4. The fourth-order valence-corrected chi connectivity index (χ4v) is 9.84. The summed E-state index contributed by atoms with van der Waals surface area (Å²) in [5, 5.41) is 30.1. The number of urea groups is 2. The number of phenols is 1. The average Bonchev–Trinajstić information content (AvgIpc) is 3.80. The van der Waals surface area contributed by atoms with E-state index in [0.29, 0.717) is 27.8 Å². The molecule has 0 bridgehead atoms. The Hall–Kier alpha value is -8.00. The van der Waals surface area contributed by atoms with Crippen LogP contribution < -0.4 is 26.6 Å². The maximum absolute atomic E-state index is 16.4. The molecular formula is C52H50N6O10. The van der Waals surface area contributed by atoms with Gasteiger partial charge in [0, 0.05) is 12.1 Å². The summed E-state index contributed by atoms with van der Waals surface area (Å²) in [7, 11) is 1.18. The third-order valence-corrected chi connectivity index (χ3v) is 12.8. The smallest absolute Gasteiger partial charge is 0.329 e. The predicted molar refractivity (Wildman–Crippen MR) is 248 cm³/mol. The van der Waals surface area contributed by atoms with Crippen LogP contribution in [0.2, 0.25) is 0 Å². The minimum Gasteiger partial charge on any atom is -0.508 e. The van der Waals surface area contributed by atoms with Gasteiger partial charge in [0.2, 0.25) is 11.8 Å². The maximum Gasteiger partial charge on any atom is 0.329 e. The van der Waals surface area contributed by atoms with Gasteiger partial charge in [-0.05, 0) is 64.1 Å². The quantitative estimate of drug-likeness (QED) is 0.0776. The standard InChI is InChI=1S/C52H50N6O10/c1-30(2)41(47(62)67-3)56-51(66)57-38-26-21-31(14-13-27-54-50(53)65)28-37(38)52(49(57)64)40(46(61)55-29-39(60)32-15-7-4-8-16-32)43-48(63)68-44(34-19-11-6-12-20-34)42(33-17-9-5-10-18-33)58(43)45(52)35-22-24-36(59)25-23-35/h4-12,15-26,28,30,39-45,59-60H,27,29H2,1-3H3,(H,55,61)(H,56,66)(H3,53,54,65). The third-order valence-electron chi connectivity index (χ3n) is 12.8. The molecule has 8 unspecified atom stereocenters. The van der Waals surface area contributed by atoms with Crippen LogP contribution in [0.1, 0.15) is 71.5 Å². The van der Waals surface area contributed by atoms with Crippen LogP contribution >= 0.6 is 0 Å². The van der Waals surface area contributed by atoms with E-state index < -0.39 is 89.4 Å². The Morgan fingerprint density at radius 2 is 1.46 bits per heavy atom. The van der Waals surface area contributed by atoms with Crippen molar-refractivity contribution in [3.63, 3.8) is 0 Å². The molecule has 3 aliphatic rings. The van der Waals surface area contributed by atoms with Crippen molar-refractivity contribution < 1.29 is 48.5 Å². The first kappa shape index (κ1) is 46.5. The summed E-state index contributed by atoms with van der Waals surface area (Å²) in [4.78, 5) is 89.6. The number of imide groups is 1. The topological polar surface area (TPSA) is 230 Å². The molecule has 3 heterocycles. The van der Waals surface area contributed by atoms with Gasteiger partial charge >= 0.3 is 24.0 Å². The lowest BCUT2D eigenvalue weighted by atomic mass is 9.65. The van der Waals surface area contributed by atoms with Crippen LogP contribution in [0, 0.1) is 23.7 Å². The van der Waals surface area contributed by atoms with Crippen LogP contribution in [-0.2, 0) is 34.1 Å². The predicted octanol–water partition coefficient (Wildman–Crippen LogP) is 4.83. The van der Waals surface area contributed by atoms with Gasteiger partial charge in [-0.1, -0.05) is 129 Å². The van der Waals surface area contributed by atoms with Gasteiger partial charge < -0.3 is 41.4 Å². The summed E-state index contributed by atoms with van der Waals surface area (Å²) in [6, 6.07) is 30.8. The minimum absolute atomic E-state index is 0.0238. The molecule has 6 amide bonds. The second-order valence-electron chi connectivity index (χ2n) is 17.1. The number of amides is 6. The molecule has 0 aromatic heterocycles. The summed E-state index contributed by atoms with van der Waals surface area (Å²) in [6.07, 6.45) is -2.21. The van der Waals surface area contributed by atoms with E-state index in [1.54, 1.807) is 68.4 Å². The molecule has 0 radical (unpaired) electrons. The number of ether oxygens (including phenoxy) is 2. The number of cyclic esters (lactones) is 1. The van der Waals surface area contributed by atoms with Gasteiger partial charge in [0.05, 0.1) is 43.4 Å². The number of methoxy groups -OCH3 is 1. The Morgan fingerprint density at radius 1 is 0.824 bits per heavy atom. The highest BCUT2D eigenvalue weighted by Gasteiger charge is 2.75. The van der Waals surface area contributed by atoms with Gasteiger partial charge in [-0.3, -0.25) is 19.3 Å². The van der Waals surface area contributed by atoms with E-state index in [1.807, 2.05) is 65.6 Å². The highest BCUT2D eigenvalue weighted by molar-refractivity contribution is 6.25. The number of phenolic OH excluding ortho intramolecular Hbond substituents is 1. The van der Waals surface area contributed by atoms with Gasteiger partial charge in [0.15, 0.2) is 0 Å². The molecule has 0 saturated carbocycles. The van der Waals surface area contributed by atoms with Crippen molar-refractivity contribution in [2.45, 2.75) is 55.6 Å². The van der Waals surface area contributed by atoms with Gasteiger partial charge in [-0.2, -0.15) is 0 Å². The van der Waals surface area contributed by atoms with E-state index in [-0.39, 0.29) is 30.1 Å². The molecule has 68 heavy (non-hydrogen) atoms. The zero-order valence-corrected chi connectivity index (χ0v) is 37.4. The summed E-state index contributed by atoms with van der Waals surface area (Å²) < 4.78 is 11.5. The van der Waals surface area contributed by atoms with E-state index in [0.717, 1.165) is 4.90 Å². The van der Waals surface area contributed by atoms with Crippen LogP contribution in [0.3, 0.4) is 0 Å². The number of anilines is 1. The Labute approximate surface area is 392 Å². The number of fused-ring (bicyclic) bond motifs is 3. The molecule has 8 atom stereocenters. The van der Waals surface area contributed by atoms with Crippen LogP contribution in [0.15, 0.2) is 133 Å². The van der Waals surface area contributed by atoms with Gasteiger partial charge in [-0.15, -0.1) is 0 Å². The highest BCUT2D eigenvalue weighted by atomic mass is 16.6. The van der Waals surface area contributed by atoms with Crippen LogP contribution in [0.4, 0.5) is 15.3 Å². The first-order valence-electron chi connectivity index (χ1n) is 22.0. The molecule has 5 aromatic rings. The number of aromatic hydroxyl groups is 1. The Morgan fingerprint density at radius 3 is 2.07 bits per heavy atom. The molecule has 16 nitrogen and oxygen atoms in total. The number of nitrogens with two attached hydrogens (primary N) is 1. The number of aliphatic hydroxyl groups is 1. The third kappa shape index (κ3) is 8.49. The van der Waals surface area contributed by atoms with Crippen LogP contribution in [0.25, 0.3) is 0 Å². The number of nitrogens with zero attached hydrogens (tertiary/aromatic N) is 2. The molecule has 2 fully saturated rings. The van der Waals surface area contributed by atoms with E-state index in [2.05, 4.69) is 27.8 Å². The summed E-state index contributed by atoms with van der Waals surface area (Å²) in [6.45, 7) is 2.91. The second-order valence-corrected chi connectivity index (χ2v) is 17.1. The number of primary amides is 1. The molecule has 8 rings (SSSR count). The van der Waals surface area contributed by atoms with Gasteiger partial charge in [0.25, 0.3) is 0 Å². The first-order chi connectivity index (χ1) is 32.8. The molecule has 2 saturated heterocycles. The maximum atomic E-state index is 16.4. The van der Waals surface area contributed by atoms with Crippen molar-refractivity contribution in [3.8, 4) is 17.6 Å². The van der Waals surface area contributed by atoms with Crippen molar-refractivity contribution in [2.24, 2.45) is 17.6 Å². The number of benzene rings is 5. The fourth-order valence-electron chi connectivity index (χ4n) is 9.84. The number of carbonyl (C=O) groups is 6. The molecule has 0 aliphatic carbocycles. The molecule has 5 aromatic carbocycles. The fraction of sp³-hybridized carbons (Fsp3) is 0.269. The summed E-state index contributed by atoms with van der Waals surface area (Å²) in [5.41, 5.74) is 5.69. The lowest BCUT2D eigenvalue weighted by molar-refractivity contribution is -0.178. The number of esters is 2. The number of nitrogens with one attached hydrogen (secondary N) is 3. The minimum atomic E-state index is -2.21. The van der Waals surface area contributed by atoms with Gasteiger partial charge in [0.1, 0.15) is 29.4 Å². The van der Waals surface area contributed by atoms with Crippen LogP contribution in [-0.4, -0.2) is 83.2 Å². The van der Waals surface area contributed by atoms with Crippen molar-refractivity contribution in [3.05, 3.63) is 167 Å². The normalized spacial score (nSPS) is 22.5. The number of aliphatic hydroxyl groups excluding tert-OH is 1. The number of carbonyl (C=O) groups excluding carboxylic acids is 6. The number of hydrogen-bond donors (Lipinski definition) is 6. The van der Waals surface area contributed by atoms with Crippen molar-refractivity contribution >= 4 is 41.5 Å². The van der Waals surface area contributed by atoms with Crippen molar-refractivity contribution in [1.29, 1.82) is 0 Å². The van der Waals surface area contributed by atoms with Gasteiger partial charge in [-0.25, -0.2) is 19.3 Å². The van der Waals surface area contributed by atoms with Crippen LogP contribution in [0.5, 0.6) is 5.75 Å². The Kier molecular flexibility index (Phi) is 13.3. The lowest BCUT2D eigenvalue weighted by Gasteiger charge is -2.46. The van der Waals surface area contributed by atoms with Crippen molar-refractivity contribution in [2.75, 3.05) is 25.1 Å². The summed E-state index contributed by atoms with van der Waals surface area (Å²) >= 11 is 0. The molecule has 3 aliphatic heterocycles. The second kappa shape index (κ2) is 19.5. The Bertz CT molecular complexity index is 2780. The summed E-state index contributed by atoms with van der Waals surface area (Å²) in [5.74, 6) is 0.153. The molecule has 1 spiro atoms. The lowest BCUT2D eigenvalue weighted by Crippen LogP contribution is -2.58. The number of morpholine rings is 1. The molecule has 16 heteroatoms.